The Balaban J connectivity index is 2.60. The number of ether oxygens (including phenoxy) is 1. The summed E-state index contributed by atoms with van der Waals surface area (Å²) in [7, 11) is 0. The Labute approximate surface area is 102 Å². The molecule has 0 bridgehead atoms. The summed E-state index contributed by atoms with van der Waals surface area (Å²) in [5.74, 6) is 0.794. The highest BCUT2D eigenvalue weighted by Crippen LogP contribution is 2.19. The van der Waals surface area contributed by atoms with Crippen molar-refractivity contribution in [3.05, 3.63) is 29.8 Å². The van der Waals surface area contributed by atoms with Crippen LogP contribution < -0.4 is 10.5 Å². The van der Waals surface area contributed by atoms with Crippen molar-refractivity contribution in [2.24, 2.45) is 11.7 Å². The summed E-state index contributed by atoms with van der Waals surface area (Å²) in [5, 5.41) is 19.2. The standard InChI is InChI=1S/C13H21NO3/c1-9(2)13(16)8-17-11-5-3-4-10(6-11)12(15)7-14/h3-6,9,12-13,15-16H,7-8,14H2,1-2H3. The molecular weight excluding hydrogens is 218 g/mol. The minimum atomic E-state index is -0.673. The lowest BCUT2D eigenvalue weighted by molar-refractivity contribution is 0.0700. The van der Waals surface area contributed by atoms with E-state index in [0.717, 1.165) is 5.56 Å². The molecule has 1 aromatic carbocycles. The molecule has 0 fully saturated rings. The van der Waals surface area contributed by atoms with Gasteiger partial charge in [-0.05, 0) is 23.6 Å². The highest BCUT2D eigenvalue weighted by molar-refractivity contribution is 5.30. The third kappa shape index (κ3) is 4.34. The van der Waals surface area contributed by atoms with Gasteiger partial charge in [-0.3, -0.25) is 0 Å². The first kappa shape index (κ1) is 14.0. The van der Waals surface area contributed by atoms with E-state index in [1.54, 1.807) is 24.3 Å². The SMILES string of the molecule is CC(C)C(O)COc1cccc(C(O)CN)c1. The monoisotopic (exact) mass is 239 g/mol. The van der Waals surface area contributed by atoms with E-state index in [4.69, 9.17) is 10.5 Å². The summed E-state index contributed by atoms with van der Waals surface area (Å²) >= 11 is 0. The second kappa shape index (κ2) is 6.59. The van der Waals surface area contributed by atoms with Crippen LogP contribution in [0.4, 0.5) is 0 Å². The van der Waals surface area contributed by atoms with Gasteiger partial charge >= 0.3 is 0 Å². The van der Waals surface area contributed by atoms with Gasteiger partial charge in [0.1, 0.15) is 12.4 Å². The molecule has 0 saturated heterocycles. The van der Waals surface area contributed by atoms with E-state index in [1.165, 1.54) is 0 Å². The summed E-state index contributed by atoms with van der Waals surface area (Å²) in [5.41, 5.74) is 6.11. The van der Waals surface area contributed by atoms with Gasteiger partial charge in [0.25, 0.3) is 0 Å². The maximum atomic E-state index is 9.62. The minimum Gasteiger partial charge on any atom is -0.491 e. The fraction of sp³-hybridized carbons (Fsp3) is 0.538. The van der Waals surface area contributed by atoms with Crippen LogP contribution in [0, 0.1) is 5.92 Å². The van der Waals surface area contributed by atoms with Gasteiger partial charge in [0, 0.05) is 6.54 Å². The van der Waals surface area contributed by atoms with Crippen LogP contribution in [0.1, 0.15) is 25.5 Å². The first-order valence-corrected chi connectivity index (χ1v) is 5.83. The van der Waals surface area contributed by atoms with E-state index in [0.29, 0.717) is 5.75 Å². The van der Waals surface area contributed by atoms with Crippen LogP contribution in [-0.2, 0) is 0 Å². The fourth-order valence-corrected chi connectivity index (χ4v) is 1.32. The molecule has 4 heteroatoms. The van der Waals surface area contributed by atoms with Crippen LogP contribution in [0.25, 0.3) is 0 Å². The zero-order valence-electron chi connectivity index (χ0n) is 10.3. The number of nitrogens with two attached hydrogens (primary N) is 1. The fourth-order valence-electron chi connectivity index (χ4n) is 1.32. The lowest BCUT2D eigenvalue weighted by Gasteiger charge is -2.16. The van der Waals surface area contributed by atoms with Crippen molar-refractivity contribution >= 4 is 0 Å². The Bertz CT molecular complexity index is 341. The summed E-state index contributed by atoms with van der Waals surface area (Å²) in [6.45, 7) is 4.29. The number of aliphatic hydroxyl groups is 2. The predicted octanol–water partition coefficient (Wildman–Crippen LogP) is 1.07. The van der Waals surface area contributed by atoms with Crippen molar-refractivity contribution in [3.8, 4) is 5.75 Å². The Kier molecular flexibility index (Phi) is 5.41. The molecule has 0 spiro atoms. The van der Waals surface area contributed by atoms with Gasteiger partial charge in [0.15, 0.2) is 0 Å². The van der Waals surface area contributed by atoms with E-state index in [-0.39, 0.29) is 19.1 Å². The van der Waals surface area contributed by atoms with Crippen molar-refractivity contribution in [3.63, 3.8) is 0 Å². The molecule has 4 nitrogen and oxygen atoms in total. The second-order valence-corrected chi connectivity index (χ2v) is 4.45. The van der Waals surface area contributed by atoms with E-state index in [2.05, 4.69) is 0 Å². The molecule has 1 aromatic rings. The lowest BCUT2D eigenvalue weighted by Crippen LogP contribution is -2.23. The van der Waals surface area contributed by atoms with Gasteiger partial charge < -0.3 is 20.7 Å². The van der Waals surface area contributed by atoms with Crippen LogP contribution in [0.2, 0.25) is 0 Å². The molecule has 96 valence electrons. The van der Waals surface area contributed by atoms with Crippen molar-refractivity contribution in [2.75, 3.05) is 13.2 Å². The highest BCUT2D eigenvalue weighted by Gasteiger charge is 2.11. The normalized spacial score (nSPS) is 14.7. The van der Waals surface area contributed by atoms with E-state index >= 15 is 0 Å². The number of hydrogen-bond acceptors (Lipinski definition) is 4. The molecule has 17 heavy (non-hydrogen) atoms. The first-order chi connectivity index (χ1) is 8.04. The summed E-state index contributed by atoms with van der Waals surface area (Å²) in [6, 6.07) is 7.12. The summed E-state index contributed by atoms with van der Waals surface area (Å²) < 4.78 is 5.46. The maximum absolute atomic E-state index is 9.62. The minimum absolute atomic E-state index is 0.160. The molecule has 0 aliphatic rings. The van der Waals surface area contributed by atoms with E-state index in [1.807, 2.05) is 13.8 Å². The third-order valence-electron chi connectivity index (χ3n) is 2.66. The Morgan fingerprint density at radius 3 is 2.59 bits per heavy atom. The van der Waals surface area contributed by atoms with Gasteiger partial charge in [0.05, 0.1) is 12.2 Å². The lowest BCUT2D eigenvalue weighted by atomic mass is 10.1. The molecule has 0 aliphatic carbocycles. The Hall–Kier alpha value is -1.10. The third-order valence-corrected chi connectivity index (χ3v) is 2.66. The van der Waals surface area contributed by atoms with Gasteiger partial charge in [-0.25, -0.2) is 0 Å². The Morgan fingerprint density at radius 1 is 1.29 bits per heavy atom. The van der Waals surface area contributed by atoms with Gasteiger partial charge in [0.2, 0.25) is 0 Å². The number of aliphatic hydroxyl groups excluding tert-OH is 2. The zero-order valence-corrected chi connectivity index (χ0v) is 10.3. The average molecular weight is 239 g/mol. The molecule has 2 unspecified atom stereocenters. The second-order valence-electron chi connectivity index (χ2n) is 4.45. The molecule has 4 N–H and O–H groups in total. The molecule has 0 amide bonds. The Morgan fingerprint density at radius 2 is 2.00 bits per heavy atom. The molecule has 0 saturated carbocycles. The topological polar surface area (TPSA) is 75.7 Å². The first-order valence-electron chi connectivity index (χ1n) is 5.83. The molecule has 1 rings (SSSR count). The number of rotatable bonds is 6. The average Bonchev–Trinajstić information content (AvgIpc) is 2.35. The zero-order chi connectivity index (χ0) is 12.8. The largest absolute Gasteiger partial charge is 0.491 e. The molecule has 0 aliphatic heterocycles. The molecule has 2 atom stereocenters. The van der Waals surface area contributed by atoms with Crippen molar-refractivity contribution in [2.45, 2.75) is 26.1 Å². The van der Waals surface area contributed by atoms with E-state index in [9.17, 15) is 10.2 Å². The van der Waals surface area contributed by atoms with Crippen LogP contribution in [0.15, 0.2) is 24.3 Å². The van der Waals surface area contributed by atoms with Gasteiger partial charge in [-0.15, -0.1) is 0 Å². The van der Waals surface area contributed by atoms with Crippen molar-refractivity contribution in [1.82, 2.24) is 0 Å². The van der Waals surface area contributed by atoms with Gasteiger partial charge in [-0.1, -0.05) is 26.0 Å². The molecule has 0 radical (unpaired) electrons. The smallest absolute Gasteiger partial charge is 0.119 e. The van der Waals surface area contributed by atoms with Crippen LogP contribution in [0.5, 0.6) is 5.75 Å². The number of benzene rings is 1. The number of hydrogen-bond donors (Lipinski definition) is 3. The highest BCUT2D eigenvalue weighted by atomic mass is 16.5. The van der Waals surface area contributed by atoms with Crippen LogP contribution in [-0.4, -0.2) is 29.5 Å². The molecular formula is C13H21NO3. The summed E-state index contributed by atoms with van der Waals surface area (Å²) in [4.78, 5) is 0. The van der Waals surface area contributed by atoms with Crippen LogP contribution >= 0.6 is 0 Å². The van der Waals surface area contributed by atoms with Gasteiger partial charge in [-0.2, -0.15) is 0 Å². The van der Waals surface area contributed by atoms with Crippen LogP contribution in [0.3, 0.4) is 0 Å². The molecule has 0 heterocycles. The quantitative estimate of drug-likeness (QED) is 0.694. The molecule has 0 aromatic heterocycles. The maximum Gasteiger partial charge on any atom is 0.119 e. The summed E-state index contributed by atoms with van der Waals surface area (Å²) in [6.07, 6.45) is -1.16. The van der Waals surface area contributed by atoms with Crippen molar-refractivity contribution < 1.29 is 14.9 Å². The van der Waals surface area contributed by atoms with Crippen molar-refractivity contribution in [1.29, 1.82) is 0 Å². The van der Waals surface area contributed by atoms with E-state index < -0.39 is 12.2 Å². The predicted molar refractivity (Wildman–Crippen MR) is 66.8 cm³/mol.